The van der Waals surface area contributed by atoms with Crippen LogP contribution in [0.3, 0.4) is 0 Å². The first-order valence-corrected chi connectivity index (χ1v) is 7.10. The Labute approximate surface area is 109 Å². The predicted molar refractivity (Wildman–Crippen MR) is 72.3 cm³/mol. The number of thioether (sulfide) groups is 1. The van der Waals surface area contributed by atoms with Crippen LogP contribution in [0.2, 0.25) is 0 Å². The summed E-state index contributed by atoms with van der Waals surface area (Å²) in [5.41, 5.74) is 6.07. The maximum Gasteiger partial charge on any atom is 0.186 e. The molecule has 0 amide bonds. The van der Waals surface area contributed by atoms with Crippen LogP contribution in [-0.4, -0.2) is 20.8 Å². The minimum absolute atomic E-state index is 0.0785. The van der Waals surface area contributed by atoms with Crippen LogP contribution in [-0.2, 0) is 7.05 Å². The SMILES string of the molecule is Cc1ccc(C(Sc2ncnn2C)C(C)N)s1. The first-order chi connectivity index (χ1) is 8.08. The second kappa shape index (κ2) is 5.20. The van der Waals surface area contributed by atoms with Gasteiger partial charge in [0.2, 0.25) is 0 Å². The molecule has 0 fully saturated rings. The lowest BCUT2D eigenvalue weighted by atomic mass is 10.2. The van der Waals surface area contributed by atoms with Gasteiger partial charge in [0.1, 0.15) is 6.33 Å². The fourth-order valence-electron chi connectivity index (χ4n) is 1.54. The highest BCUT2D eigenvalue weighted by Gasteiger charge is 2.21. The molecule has 0 saturated heterocycles. The first kappa shape index (κ1) is 12.6. The van der Waals surface area contributed by atoms with Crippen molar-refractivity contribution in [2.24, 2.45) is 12.8 Å². The van der Waals surface area contributed by atoms with E-state index in [4.69, 9.17) is 5.73 Å². The molecule has 2 unspecified atom stereocenters. The highest BCUT2D eigenvalue weighted by Crippen LogP contribution is 2.38. The summed E-state index contributed by atoms with van der Waals surface area (Å²) in [5.74, 6) is 0. The average Bonchev–Trinajstić information content (AvgIpc) is 2.84. The summed E-state index contributed by atoms with van der Waals surface area (Å²) in [6.45, 7) is 4.14. The van der Waals surface area contributed by atoms with E-state index in [1.165, 1.54) is 9.75 Å². The number of aryl methyl sites for hydroxylation is 2. The van der Waals surface area contributed by atoms with Gasteiger partial charge in [-0.15, -0.1) is 11.3 Å². The number of hydrogen-bond acceptors (Lipinski definition) is 5. The van der Waals surface area contributed by atoms with Gasteiger partial charge in [-0.25, -0.2) is 9.67 Å². The van der Waals surface area contributed by atoms with Crippen molar-refractivity contribution in [2.45, 2.75) is 30.3 Å². The van der Waals surface area contributed by atoms with Gasteiger partial charge in [-0.1, -0.05) is 11.8 Å². The Bertz CT molecular complexity index is 489. The molecule has 6 heteroatoms. The van der Waals surface area contributed by atoms with E-state index in [9.17, 15) is 0 Å². The van der Waals surface area contributed by atoms with Crippen molar-refractivity contribution >= 4 is 23.1 Å². The Morgan fingerprint density at radius 2 is 2.24 bits per heavy atom. The van der Waals surface area contributed by atoms with Crippen molar-refractivity contribution in [3.63, 3.8) is 0 Å². The third-order valence-corrected chi connectivity index (χ3v) is 5.17. The van der Waals surface area contributed by atoms with E-state index in [-0.39, 0.29) is 11.3 Å². The molecule has 17 heavy (non-hydrogen) atoms. The van der Waals surface area contributed by atoms with Crippen LogP contribution in [0.25, 0.3) is 0 Å². The van der Waals surface area contributed by atoms with Crippen molar-refractivity contribution in [1.82, 2.24) is 14.8 Å². The molecule has 0 spiro atoms. The summed E-state index contributed by atoms with van der Waals surface area (Å²) in [6.07, 6.45) is 1.57. The molecule has 2 aromatic rings. The third kappa shape index (κ3) is 2.88. The molecular weight excluding hydrogens is 252 g/mol. The zero-order chi connectivity index (χ0) is 12.4. The molecular formula is C11H16N4S2. The lowest BCUT2D eigenvalue weighted by Crippen LogP contribution is -2.22. The summed E-state index contributed by atoms with van der Waals surface area (Å²) in [5, 5.41) is 5.21. The monoisotopic (exact) mass is 268 g/mol. The normalized spacial score (nSPS) is 14.8. The Morgan fingerprint density at radius 3 is 2.71 bits per heavy atom. The van der Waals surface area contributed by atoms with E-state index >= 15 is 0 Å². The molecule has 2 aromatic heterocycles. The second-order valence-corrected chi connectivity index (χ2v) is 6.44. The van der Waals surface area contributed by atoms with E-state index in [2.05, 4.69) is 29.1 Å². The van der Waals surface area contributed by atoms with Gasteiger partial charge in [-0.2, -0.15) is 5.10 Å². The van der Waals surface area contributed by atoms with Crippen LogP contribution < -0.4 is 5.73 Å². The zero-order valence-electron chi connectivity index (χ0n) is 10.1. The van der Waals surface area contributed by atoms with E-state index < -0.39 is 0 Å². The standard InChI is InChI=1S/C11H16N4S2/c1-7-4-5-9(16-7)10(8(2)12)17-11-13-6-14-15(11)3/h4-6,8,10H,12H2,1-3H3. The molecule has 0 radical (unpaired) electrons. The highest BCUT2D eigenvalue weighted by atomic mass is 32.2. The first-order valence-electron chi connectivity index (χ1n) is 5.40. The number of aromatic nitrogens is 3. The Hall–Kier alpha value is -0.850. The highest BCUT2D eigenvalue weighted by molar-refractivity contribution is 7.99. The van der Waals surface area contributed by atoms with Crippen molar-refractivity contribution in [3.8, 4) is 0 Å². The zero-order valence-corrected chi connectivity index (χ0v) is 11.8. The number of rotatable bonds is 4. The number of nitrogens with zero attached hydrogens (tertiary/aromatic N) is 3. The summed E-state index contributed by atoms with van der Waals surface area (Å²) in [7, 11) is 1.90. The largest absolute Gasteiger partial charge is 0.327 e. The smallest absolute Gasteiger partial charge is 0.186 e. The molecule has 0 bridgehead atoms. The molecule has 92 valence electrons. The number of thiophene rings is 1. The second-order valence-electron chi connectivity index (χ2n) is 4.01. The van der Waals surface area contributed by atoms with Crippen LogP contribution in [0.1, 0.15) is 21.9 Å². The van der Waals surface area contributed by atoms with Gasteiger partial charge in [0.25, 0.3) is 0 Å². The minimum Gasteiger partial charge on any atom is -0.327 e. The summed E-state index contributed by atoms with van der Waals surface area (Å²) < 4.78 is 1.78. The molecule has 0 aliphatic heterocycles. The minimum atomic E-state index is 0.0785. The fraction of sp³-hybridized carbons (Fsp3) is 0.455. The van der Waals surface area contributed by atoms with Gasteiger partial charge >= 0.3 is 0 Å². The Balaban J connectivity index is 2.22. The van der Waals surface area contributed by atoms with Gasteiger partial charge in [0.15, 0.2) is 5.16 Å². The van der Waals surface area contributed by atoms with Crippen LogP contribution in [0, 0.1) is 6.92 Å². The molecule has 0 aliphatic carbocycles. The van der Waals surface area contributed by atoms with E-state index in [0.717, 1.165) is 5.16 Å². The van der Waals surface area contributed by atoms with E-state index in [1.54, 1.807) is 34.1 Å². The van der Waals surface area contributed by atoms with Crippen LogP contribution in [0.4, 0.5) is 0 Å². The topological polar surface area (TPSA) is 56.7 Å². The van der Waals surface area contributed by atoms with Crippen LogP contribution in [0.15, 0.2) is 23.6 Å². The van der Waals surface area contributed by atoms with Gasteiger partial charge in [-0.05, 0) is 26.0 Å². The quantitative estimate of drug-likeness (QED) is 0.865. The molecule has 2 N–H and O–H groups in total. The van der Waals surface area contributed by atoms with E-state index in [1.807, 2.05) is 14.0 Å². The maximum absolute atomic E-state index is 6.07. The lowest BCUT2D eigenvalue weighted by Gasteiger charge is -2.18. The predicted octanol–water partition coefficient (Wildman–Crippen LogP) is 2.37. The number of nitrogens with two attached hydrogens (primary N) is 1. The fourth-order valence-corrected chi connectivity index (χ4v) is 3.74. The molecule has 4 nitrogen and oxygen atoms in total. The van der Waals surface area contributed by atoms with Gasteiger partial charge in [0.05, 0.1) is 5.25 Å². The van der Waals surface area contributed by atoms with Gasteiger partial charge in [0, 0.05) is 22.8 Å². The lowest BCUT2D eigenvalue weighted by molar-refractivity contribution is 0.673. The van der Waals surface area contributed by atoms with E-state index in [0.29, 0.717) is 0 Å². The molecule has 2 atom stereocenters. The van der Waals surface area contributed by atoms with Crippen molar-refractivity contribution in [3.05, 3.63) is 28.2 Å². The van der Waals surface area contributed by atoms with Crippen molar-refractivity contribution in [2.75, 3.05) is 0 Å². The Kier molecular flexibility index (Phi) is 3.86. The molecule has 2 heterocycles. The average molecular weight is 268 g/mol. The van der Waals surface area contributed by atoms with Crippen LogP contribution >= 0.6 is 23.1 Å². The maximum atomic E-state index is 6.07. The Morgan fingerprint density at radius 1 is 1.47 bits per heavy atom. The summed E-state index contributed by atoms with van der Waals surface area (Å²) >= 11 is 3.46. The van der Waals surface area contributed by atoms with Crippen LogP contribution in [0.5, 0.6) is 0 Å². The molecule has 2 rings (SSSR count). The number of hydrogen-bond donors (Lipinski definition) is 1. The molecule has 0 aromatic carbocycles. The summed E-state index contributed by atoms with van der Waals surface area (Å²) in [6, 6.07) is 4.36. The van der Waals surface area contributed by atoms with Crippen molar-refractivity contribution < 1.29 is 0 Å². The van der Waals surface area contributed by atoms with Gasteiger partial charge < -0.3 is 5.73 Å². The third-order valence-electron chi connectivity index (χ3n) is 2.42. The summed E-state index contributed by atoms with van der Waals surface area (Å²) in [4.78, 5) is 6.84. The van der Waals surface area contributed by atoms with Gasteiger partial charge in [-0.3, -0.25) is 0 Å². The molecule has 0 aliphatic rings. The van der Waals surface area contributed by atoms with Crippen molar-refractivity contribution in [1.29, 1.82) is 0 Å². The molecule has 0 saturated carbocycles.